The van der Waals surface area contributed by atoms with Gasteiger partial charge in [0.25, 0.3) is 0 Å². The Morgan fingerprint density at radius 1 is 1.06 bits per heavy atom. The van der Waals surface area contributed by atoms with Crippen molar-refractivity contribution < 1.29 is 38.0 Å². The molecule has 1 N–H and O–H groups in total. The summed E-state index contributed by atoms with van der Waals surface area (Å²) in [7, 11) is 1.29. The molecular weight excluding hydrogens is 454 g/mol. The minimum absolute atomic E-state index is 0.217. The van der Waals surface area contributed by atoms with Crippen molar-refractivity contribution in [1.29, 1.82) is 0 Å². The number of fused-ring (bicyclic) bond motifs is 1. The van der Waals surface area contributed by atoms with Gasteiger partial charge < -0.3 is 33.7 Å². The van der Waals surface area contributed by atoms with Crippen LogP contribution >= 0.6 is 0 Å². The van der Waals surface area contributed by atoms with Crippen molar-refractivity contribution >= 4 is 11.9 Å². The fourth-order valence-corrected chi connectivity index (χ4v) is 4.25. The van der Waals surface area contributed by atoms with Gasteiger partial charge in [0.05, 0.1) is 20.3 Å². The zero-order valence-corrected chi connectivity index (χ0v) is 20.0. The smallest absolute Gasteiger partial charge is 0.334 e. The van der Waals surface area contributed by atoms with Crippen LogP contribution in [0.3, 0.4) is 0 Å². The first kappa shape index (κ1) is 25.3. The molecule has 7 atom stereocenters. The molecular formula is C26H31NO8. The highest BCUT2D eigenvalue weighted by molar-refractivity contribution is 5.74. The largest absolute Gasteiger partial charge is 0.467 e. The fraction of sp³-hybridized carbons (Fsp3) is 0.462. The molecule has 188 valence electrons. The maximum atomic E-state index is 12.2. The van der Waals surface area contributed by atoms with Gasteiger partial charge in [0.15, 0.2) is 18.7 Å². The predicted octanol–water partition coefficient (Wildman–Crippen LogP) is 2.49. The number of esters is 1. The average molecular weight is 486 g/mol. The van der Waals surface area contributed by atoms with Crippen LogP contribution in [0.2, 0.25) is 0 Å². The van der Waals surface area contributed by atoms with Gasteiger partial charge >= 0.3 is 5.97 Å². The summed E-state index contributed by atoms with van der Waals surface area (Å²) < 4.78 is 35.6. The van der Waals surface area contributed by atoms with Crippen LogP contribution in [0.4, 0.5) is 0 Å². The van der Waals surface area contributed by atoms with Gasteiger partial charge in [0.2, 0.25) is 5.91 Å². The van der Waals surface area contributed by atoms with Gasteiger partial charge in [0.1, 0.15) is 24.4 Å². The van der Waals surface area contributed by atoms with Gasteiger partial charge in [-0.2, -0.15) is 0 Å². The first-order valence-electron chi connectivity index (χ1n) is 11.6. The molecule has 0 aromatic heterocycles. The summed E-state index contributed by atoms with van der Waals surface area (Å²) in [6.45, 7) is 3.47. The van der Waals surface area contributed by atoms with Crippen LogP contribution in [0.15, 0.2) is 60.7 Å². The molecule has 2 heterocycles. The molecule has 0 saturated carbocycles. The van der Waals surface area contributed by atoms with E-state index in [-0.39, 0.29) is 19.1 Å². The summed E-state index contributed by atoms with van der Waals surface area (Å²) in [5, 5.41) is 2.88. The lowest BCUT2D eigenvalue weighted by atomic mass is 9.95. The molecule has 2 aromatic carbocycles. The lowest BCUT2D eigenvalue weighted by molar-refractivity contribution is -0.352. The van der Waals surface area contributed by atoms with Gasteiger partial charge in [-0.3, -0.25) is 4.79 Å². The number of hydrogen-bond donors (Lipinski definition) is 1. The van der Waals surface area contributed by atoms with E-state index in [0.29, 0.717) is 0 Å². The fourth-order valence-electron chi connectivity index (χ4n) is 4.25. The van der Waals surface area contributed by atoms with E-state index in [1.807, 2.05) is 60.7 Å². The Hall–Kier alpha value is -2.82. The standard InChI is InChI=1S/C26H31NO8/c1-16(24(29)30-3)33-23-21(27-17(2)28)26(31-14-18-10-6-4-7-11-18)34-20-15-32-25(35-22(20)23)19-12-8-5-9-13-19/h4-13,16,20-23,25-26H,14-15H2,1-3H3,(H,27,28). The van der Waals surface area contributed by atoms with Crippen molar-refractivity contribution in [3.8, 4) is 0 Å². The first-order chi connectivity index (χ1) is 17.0. The molecule has 4 rings (SSSR count). The molecule has 9 heteroatoms. The van der Waals surface area contributed by atoms with Crippen LogP contribution in [0.5, 0.6) is 0 Å². The highest BCUT2D eigenvalue weighted by atomic mass is 16.8. The predicted molar refractivity (Wildman–Crippen MR) is 124 cm³/mol. The van der Waals surface area contributed by atoms with Crippen molar-refractivity contribution in [2.45, 2.75) is 63.5 Å². The molecule has 0 aliphatic carbocycles. The Morgan fingerprint density at radius 3 is 2.40 bits per heavy atom. The summed E-state index contributed by atoms with van der Waals surface area (Å²) in [5.41, 5.74) is 1.78. The molecule has 0 radical (unpaired) electrons. The normalized spacial score (nSPS) is 29.0. The molecule has 2 fully saturated rings. The zero-order chi connectivity index (χ0) is 24.8. The molecule has 7 unspecified atom stereocenters. The quantitative estimate of drug-likeness (QED) is 0.569. The summed E-state index contributed by atoms with van der Waals surface area (Å²) in [5.74, 6) is -0.834. The van der Waals surface area contributed by atoms with Crippen LogP contribution in [-0.4, -0.2) is 62.3 Å². The topological polar surface area (TPSA) is 102 Å². The van der Waals surface area contributed by atoms with Crippen LogP contribution in [0.1, 0.15) is 31.3 Å². The van der Waals surface area contributed by atoms with Gasteiger partial charge in [-0.15, -0.1) is 0 Å². The van der Waals surface area contributed by atoms with E-state index in [9.17, 15) is 9.59 Å². The number of rotatable bonds is 8. The van der Waals surface area contributed by atoms with Crippen LogP contribution in [0, 0.1) is 0 Å². The van der Waals surface area contributed by atoms with E-state index in [2.05, 4.69) is 5.32 Å². The summed E-state index contributed by atoms with van der Waals surface area (Å²) >= 11 is 0. The van der Waals surface area contributed by atoms with Crippen LogP contribution < -0.4 is 5.32 Å². The molecule has 35 heavy (non-hydrogen) atoms. The SMILES string of the molecule is COC(=O)C(C)OC1C(NC(C)=O)C(OCc2ccccc2)OC2COC(c3ccccc3)OC21. The number of ether oxygens (including phenoxy) is 6. The number of hydrogen-bond acceptors (Lipinski definition) is 8. The molecule has 2 aliphatic heterocycles. The van der Waals surface area contributed by atoms with E-state index >= 15 is 0 Å². The first-order valence-corrected chi connectivity index (χ1v) is 11.6. The Labute approximate surface area is 204 Å². The molecule has 1 amide bonds. The van der Waals surface area contributed by atoms with E-state index < -0.39 is 49.0 Å². The number of methoxy groups -OCH3 is 1. The number of carbonyl (C=O) groups excluding carboxylic acids is 2. The second kappa shape index (κ2) is 11.7. The van der Waals surface area contributed by atoms with E-state index in [1.54, 1.807) is 6.92 Å². The second-order valence-corrected chi connectivity index (χ2v) is 8.51. The number of amides is 1. The summed E-state index contributed by atoms with van der Waals surface area (Å²) in [6.07, 6.45) is -4.39. The lowest BCUT2D eigenvalue weighted by Gasteiger charge is -2.49. The number of nitrogens with one attached hydrogen (secondary N) is 1. The van der Waals surface area contributed by atoms with Crippen molar-refractivity contribution in [2.75, 3.05) is 13.7 Å². The third-order valence-electron chi connectivity index (χ3n) is 5.93. The molecule has 2 saturated heterocycles. The monoisotopic (exact) mass is 485 g/mol. The Bertz CT molecular complexity index is 972. The van der Waals surface area contributed by atoms with Crippen molar-refractivity contribution in [2.24, 2.45) is 0 Å². The summed E-state index contributed by atoms with van der Waals surface area (Å²) in [6, 6.07) is 18.4. The molecule has 0 bridgehead atoms. The van der Waals surface area contributed by atoms with Gasteiger partial charge in [0, 0.05) is 12.5 Å². The van der Waals surface area contributed by atoms with Crippen molar-refractivity contribution in [1.82, 2.24) is 5.32 Å². The Kier molecular flexibility index (Phi) is 8.48. The van der Waals surface area contributed by atoms with E-state index in [1.165, 1.54) is 14.0 Å². The average Bonchev–Trinajstić information content (AvgIpc) is 2.89. The Morgan fingerprint density at radius 2 is 1.74 bits per heavy atom. The summed E-state index contributed by atoms with van der Waals surface area (Å²) in [4.78, 5) is 24.4. The van der Waals surface area contributed by atoms with Gasteiger partial charge in [-0.1, -0.05) is 60.7 Å². The molecule has 0 spiro atoms. The lowest BCUT2D eigenvalue weighted by Crippen LogP contribution is -2.68. The highest BCUT2D eigenvalue weighted by Crippen LogP contribution is 2.36. The minimum atomic E-state index is -0.906. The highest BCUT2D eigenvalue weighted by Gasteiger charge is 2.52. The molecule has 9 nitrogen and oxygen atoms in total. The Balaban J connectivity index is 1.60. The van der Waals surface area contributed by atoms with Crippen LogP contribution in [0.25, 0.3) is 0 Å². The minimum Gasteiger partial charge on any atom is -0.467 e. The second-order valence-electron chi connectivity index (χ2n) is 8.51. The number of carbonyl (C=O) groups is 2. The number of benzene rings is 2. The van der Waals surface area contributed by atoms with Crippen molar-refractivity contribution in [3.05, 3.63) is 71.8 Å². The van der Waals surface area contributed by atoms with Crippen LogP contribution in [-0.2, 0) is 44.6 Å². The van der Waals surface area contributed by atoms with Crippen molar-refractivity contribution in [3.63, 3.8) is 0 Å². The van der Waals surface area contributed by atoms with E-state index in [4.69, 9.17) is 28.4 Å². The maximum absolute atomic E-state index is 12.2. The van der Waals surface area contributed by atoms with Gasteiger partial charge in [-0.25, -0.2) is 4.79 Å². The molecule has 2 aromatic rings. The zero-order valence-electron chi connectivity index (χ0n) is 20.0. The van der Waals surface area contributed by atoms with Gasteiger partial charge in [-0.05, 0) is 12.5 Å². The maximum Gasteiger partial charge on any atom is 0.334 e. The molecule has 2 aliphatic rings. The third kappa shape index (κ3) is 6.25. The third-order valence-corrected chi connectivity index (χ3v) is 5.93. The van der Waals surface area contributed by atoms with E-state index in [0.717, 1.165) is 11.1 Å².